The molecule has 114 valence electrons. The molecule has 0 aromatic heterocycles. The predicted octanol–water partition coefficient (Wildman–Crippen LogP) is 2.13. The Hall–Kier alpha value is -0.610. The van der Waals surface area contributed by atoms with Crippen molar-refractivity contribution in [3.05, 3.63) is 0 Å². The number of amides is 1. The molecule has 0 heterocycles. The number of hydrogen-bond acceptors (Lipinski definition) is 3. The first-order chi connectivity index (χ1) is 8.85. The van der Waals surface area contributed by atoms with Crippen molar-refractivity contribution in [3.8, 4) is 0 Å². The van der Waals surface area contributed by atoms with E-state index in [1.165, 1.54) is 12.8 Å². The Morgan fingerprint density at radius 1 is 1.21 bits per heavy atom. The van der Waals surface area contributed by atoms with Crippen molar-refractivity contribution in [2.45, 2.75) is 71.9 Å². The Balaban J connectivity index is 4.27. The minimum atomic E-state index is -0.585. The van der Waals surface area contributed by atoms with Gasteiger partial charge in [-0.25, -0.2) is 0 Å². The van der Waals surface area contributed by atoms with Gasteiger partial charge in [-0.2, -0.15) is 0 Å². The van der Waals surface area contributed by atoms with Crippen LogP contribution in [0.25, 0.3) is 0 Å². The molecule has 4 heteroatoms. The van der Waals surface area contributed by atoms with Crippen LogP contribution in [0.1, 0.15) is 60.3 Å². The third kappa shape index (κ3) is 7.53. The van der Waals surface area contributed by atoms with Crippen LogP contribution in [-0.4, -0.2) is 42.0 Å². The van der Waals surface area contributed by atoms with Crippen molar-refractivity contribution in [1.82, 2.24) is 10.2 Å². The van der Waals surface area contributed by atoms with Crippen molar-refractivity contribution < 1.29 is 4.79 Å². The standard InChI is InChI=1S/C15H33N3O/c1-6-10-18(11-7-2)12-8-9-15(5,14(16)19)17-13(3)4/h13,17H,6-12H2,1-5H3,(H2,16,19). The number of nitrogens with two attached hydrogens (primary N) is 1. The quantitative estimate of drug-likeness (QED) is 0.605. The predicted molar refractivity (Wildman–Crippen MR) is 82.1 cm³/mol. The first kappa shape index (κ1) is 18.4. The molecule has 0 aromatic carbocycles. The second-order valence-electron chi connectivity index (χ2n) is 5.94. The zero-order valence-corrected chi connectivity index (χ0v) is 13.5. The number of carbonyl (C=O) groups is 1. The number of hydrogen-bond donors (Lipinski definition) is 2. The first-order valence-corrected chi connectivity index (χ1v) is 7.65. The van der Waals surface area contributed by atoms with Gasteiger partial charge in [-0.05, 0) is 66.1 Å². The van der Waals surface area contributed by atoms with Crippen LogP contribution in [0, 0.1) is 0 Å². The van der Waals surface area contributed by atoms with Gasteiger partial charge >= 0.3 is 0 Å². The smallest absolute Gasteiger partial charge is 0.237 e. The number of carbonyl (C=O) groups excluding carboxylic acids is 1. The Labute approximate surface area is 119 Å². The fourth-order valence-corrected chi connectivity index (χ4v) is 2.53. The lowest BCUT2D eigenvalue weighted by Gasteiger charge is -2.31. The van der Waals surface area contributed by atoms with Gasteiger partial charge in [-0.1, -0.05) is 13.8 Å². The van der Waals surface area contributed by atoms with Crippen molar-refractivity contribution >= 4 is 5.91 Å². The molecule has 19 heavy (non-hydrogen) atoms. The summed E-state index contributed by atoms with van der Waals surface area (Å²) in [4.78, 5) is 14.1. The molecule has 0 aliphatic carbocycles. The summed E-state index contributed by atoms with van der Waals surface area (Å²) in [5.74, 6) is -0.251. The molecule has 1 unspecified atom stereocenters. The highest BCUT2D eigenvalue weighted by Crippen LogP contribution is 2.14. The van der Waals surface area contributed by atoms with Crippen LogP contribution in [0.4, 0.5) is 0 Å². The van der Waals surface area contributed by atoms with Crippen LogP contribution < -0.4 is 11.1 Å². The molecule has 0 bridgehead atoms. The van der Waals surface area contributed by atoms with Crippen LogP contribution in [0.2, 0.25) is 0 Å². The summed E-state index contributed by atoms with van der Waals surface area (Å²) in [6.45, 7) is 13.7. The van der Waals surface area contributed by atoms with Crippen LogP contribution >= 0.6 is 0 Å². The maximum absolute atomic E-state index is 11.6. The molecule has 0 fully saturated rings. The topological polar surface area (TPSA) is 58.4 Å². The molecule has 0 spiro atoms. The molecule has 3 N–H and O–H groups in total. The van der Waals surface area contributed by atoms with Crippen LogP contribution in [0.15, 0.2) is 0 Å². The Bertz CT molecular complexity index is 250. The number of nitrogens with one attached hydrogen (secondary N) is 1. The van der Waals surface area contributed by atoms with Gasteiger partial charge < -0.3 is 16.0 Å². The number of primary amides is 1. The molecular formula is C15H33N3O. The van der Waals surface area contributed by atoms with Crippen LogP contribution in [0.5, 0.6) is 0 Å². The van der Waals surface area contributed by atoms with E-state index < -0.39 is 5.54 Å². The molecule has 0 rings (SSSR count). The molecule has 0 saturated heterocycles. The maximum atomic E-state index is 11.6. The highest BCUT2D eigenvalue weighted by Gasteiger charge is 2.30. The third-order valence-electron chi connectivity index (χ3n) is 3.38. The molecule has 0 saturated carbocycles. The zero-order chi connectivity index (χ0) is 14.9. The van der Waals surface area contributed by atoms with Gasteiger partial charge in [0.05, 0.1) is 5.54 Å². The van der Waals surface area contributed by atoms with Gasteiger partial charge in [0.25, 0.3) is 0 Å². The summed E-state index contributed by atoms with van der Waals surface area (Å²) in [5.41, 5.74) is 4.95. The third-order valence-corrected chi connectivity index (χ3v) is 3.38. The van der Waals surface area contributed by atoms with Crippen molar-refractivity contribution in [2.75, 3.05) is 19.6 Å². The minimum Gasteiger partial charge on any atom is -0.368 e. The molecular weight excluding hydrogens is 238 g/mol. The molecule has 1 atom stereocenters. The monoisotopic (exact) mass is 271 g/mol. The lowest BCUT2D eigenvalue weighted by atomic mass is 9.93. The van der Waals surface area contributed by atoms with Gasteiger partial charge in [0, 0.05) is 6.04 Å². The maximum Gasteiger partial charge on any atom is 0.237 e. The first-order valence-electron chi connectivity index (χ1n) is 7.65. The molecule has 4 nitrogen and oxygen atoms in total. The van der Waals surface area contributed by atoms with E-state index in [1.54, 1.807) is 0 Å². The van der Waals surface area contributed by atoms with E-state index in [-0.39, 0.29) is 11.9 Å². The fraction of sp³-hybridized carbons (Fsp3) is 0.933. The Kier molecular flexibility index (Phi) is 9.02. The summed E-state index contributed by atoms with van der Waals surface area (Å²) in [6, 6.07) is 0.264. The van der Waals surface area contributed by atoms with Gasteiger partial charge in [0.2, 0.25) is 5.91 Å². The van der Waals surface area contributed by atoms with E-state index >= 15 is 0 Å². The highest BCUT2D eigenvalue weighted by atomic mass is 16.1. The molecule has 0 aliphatic heterocycles. The Morgan fingerprint density at radius 2 is 1.74 bits per heavy atom. The normalized spacial score (nSPS) is 14.9. The lowest BCUT2D eigenvalue weighted by Crippen LogP contribution is -2.55. The molecule has 0 radical (unpaired) electrons. The fourth-order valence-electron chi connectivity index (χ4n) is 2.53. The van der Waals surface area contributed by atoms with E-state index in [2.05, 4.69) is 24.1 Å². The van der Waals surface area contributed by atoms with Gasteiger partial charge in [-0.3, -0.25) is 4.79 Å². The summed E-state index contributed by atoms with van der Waals surface area (Å²) in [7, 11) is 0. The molecule has 1 amide bonds. The van der Waals surface area contributed by atoms with Crippen molar-refractivity contribution in [3.63, 3.8) is 0 Å². The van der Waals surface area contributed by atoms with E-state index in [4.69, 9.17) is 5.73 Å². The van der Waals surface area contributed by atoms with Crippen molar-refractivity contribution in [2.24, 2.45) is 5.73 Å². The number of rotatable bonds is 11. The minimum absolute atomic E-state index is 0.251. The van der Waals surface area contributed by atoms with Gasteiger partial charge in [0.1, 0.15) is 0 Å². The van der Waals surface area contributed by atoms with Gasteiger partial charge in [-0.15, -0.1) is 0 Å². The van der Waals surface area contributed by atoms with E-state index in [9.17, 15) is 4.79 Å². The largest absolute Gasteiger partial charge is 0.368 e. The summed E-state index contributed by atoms with van der Waals surface area (Å²) in [5, 5.41) is 3.30. The second-order valence-corrected chi connectivity index (χ2v) is 5.94. The second kappa shape index (κ2) is 9.32. The van der Waals surface area contributed by atoms with Crippen LogP contribution in [-0.2, 0) is 4.79 Å². The average Bonchev–Trinajstić information content (AvgIpc) is 2.28. The average molecular weight is 271 g/mol. The zero-order valence-electron chi connectivity index (χ0n) is 13.5. The summed E-state index contributed by atoms with van der Waals surface area (Å²) in [6.07, 6.45) is 4.15. The molecule has 0 aliphatic rings. The highest BCUT2D eigenvalue weighted by molar-refractivity contribution is 5.84. The Morgan fingerprint density at radius 3 is 2.11 bits per heavy atom. The van der Waals surface area contributed by atoms with E-state index in [1.807, 2.05) is 20.8 Å². The summed E-state index contributed by atoms with van der Waals surface area (Å²) < 4.78 is 0. The number of nitrogens with zero attached hydrogens (tertiary/aromatic N) is 1. The summed E-state index contributed by atoms with van der Waals surface area (Å²) >= 11 is 0. The van der Waals surface area contributed by atoms with E-state index in [0.717, 1.165) is 32.5 Å². The van der Waals surface area contributed by atoms with Crippen LogP contribution in [0.3, 0.4) is 0 Å². The lowest BCUT2D eigenvalue weighted by molar-refractivity contribution is -0.124. The van der Waals surface area contributed by atoms with Gasteiger partial charge in [0.15, 0.2) is 0 Å². The van der Waals surface area contributed by atoms with E-state index in [0.29, 0.717) is 0 Å². The van der Waals surface area contributed by atoms with Crippen molar-refractivity contribution in [1.29, 1.82) is 0 Å². The molecule has 0 aromatic rings. The SMILES string of the molecule is CCCN(CCC)CCCC(C)(NC(C)C)C(N)=O.